The van der Waals surface area contributed by atoms with Gasteiger partial charge >= 0.3 is 0 Å². The number of rotatable bonds is 7. The molecule has 0 aliphatic heterocycles. The summed E-state index contributed by atoms with van der Waals surface area (Å²) in [6.45, 7) is 6.55. The van der Waals surface area contributed by atoms with E-state index in [1.807, 2.05) is 49.6 Å². The van der Waals surface area contributed by atoms with Crippen molar-refractivity contribution >= 4 is 18.1 Å². The molecule has 24 heavy (non-hydrogen) atoms. The van der Waals surface area contributed by atoms with Crippen LogP contribution in [0.5, 0.6) is 5.75 Å². The van der Waals surface area contributed by atoms with E-state index in [0.29, 0.717) is 23.6 Å². The van der Waals surface area contributed by atoms with Gasteiger partial charge in [0.15, 0.2) is 10.6 Å². The van der Waals surface area contributed by atoms with Crippen molar-refractivity contribution in [1.82, 2.24) is 20.1 Å². The molecule has 0 atom stereocenters. The topological polar surface area (TPSA) is 71.9 Å². The minimum Gasteiger partial charge on any atom is -0.497 e. The molecule has 2 aromatic rings. The second-order valence-corrected chi connectivity index (χ2v) is 6.65. The van der Waals surface area contributed by atoms with Crippen LogP contribution in [0.4, 0.5) is 0 Å². The van der Waals surface area contributed by atoms with Crippen molar-refractivity contribution < 1.29 is 9.53 Å². The molecule has 0 saturated carbocycles. The van der Waals surface area contributed by atoms with Gasteiger partial charge in [-0.1, -0.05) is 6.92 Å². The monoisotopic (exact) mass is 348 g/mol. The highest BCUT2D eigenvalue weighted by molar-refractivity contribution is 7.71. The van der Waals surface area contributed by atoms with Crippen LogP contribution in [-0.2, 0) is 11.3 Å². The quantitative estimate of drug-likeness (QED) is 0.753. The highest BCUT2D eigenvalue weighted by Gasteiger charge is 2.18. The predicted molar refractivity (Wildman–Crippen MR) is 96.5 cm³/mol. The summed E-state index contributed by atoms with van der Waals surface area (Å²) in [5, 5.41) is 10.1. The van der Waals surface area contributed by atoms with Crippen molar-refractivity contribution in [3.8, 4) is 17.1 Å². The minimum absolute atomic E-state index is 0.00521. The fourth-order valence-corrected chi connectivity index (χ4v) is 2.45. The lowest BCUT2D eigenvalue weighted by Crippen LogP contribution is -2.43. The summed E-state index contributed by atoms with van der Waals surface area (Å²) in [5.74, 6) is 1.50. The van der Waals surface area contributed by atoms with Crippen LogP contribution in [0.3, 0.4) is 0 Å². The van der Waals surface area contributed by atoms with Crippen molar-refractivity contribution in [2.45, 2.75) is 45.7 Å². The van der Waals surface area contributed by atoms with Crippen LogP contribution in [0.2, 0.25) is 0 Å². The third kappa shape index (κ3) is 4.44. The van der Waals surface area contributed by atoms with Gasteiger partial charge in [0.25, 0.3) is 0 Å². The molecule has 0 saturated heterocycles. The maximum Gasteiger partial charge on any atom is 0.222 e. The Balaban J connectivity index is 2.12. The summed E-state index contributed by atoms with van der Waals surface area (Å²) in [4.78, 5) is 12.1. The number of nitrogens with one attached hydrogen (secondary N) is 2. The summed E-state index contributed by atoms with van der Waals surface area (Å²) in [5.41, 5.74) is 0.714. The molecule has 1 aromatic carbocycles. The molecule has 6 nitrogen and oxygen atoms in total. The first kappa shape index (κ1) is 18.2. The van der Waals surface area contributed by atoms with Crippen molar-refractivity contribution in [2.24, 2.45) is 0 Å². The number of carbonyl (C=O) groups excluding carboxylic acids is 1. The fourth-order valence-electron chi connectivity index (χ4n) is 2.23. The summed E-state index contributed by atoms with van der Waals surface area (Å²) in [6, 6.07) is 7.57. The van der Waals surface area contributed by atoms with Crippen LogP contribution < -0.4 is 10.1 Å². The first-order chi connectivity index (χ1) is 11.4. The first-order valence-corrected chi connectivity index (χ1v) is 8.38. The number of hydrogen-bond donors (Lipinski definition) is 2. The Morgan fingerprint density at radius 2 is 2.04 bits per heavy atom. The standard InChI is InChI=1S/C17H24N4O2S/c1-5-17(2,3)18-14(22)10-11-21-15(19-20-16(21)24)12-6-8-13(23-4)9-7-12/h6-9H,5,10-11H2,1-4H3,(H,18,22)(H,20,24). The van der Waals surface area contributed by atoms with Gasteiger partial charge in [0.2, 0.25) is 5.91 Å². The Bertz CT molecular complexity index is 747. The average Bonchev–Trinajstić information content (AvgIpc) is 2.93. The molecule has 1 heterocycles. The zero-order chi connectivity index (χ0) is 17.7. The Kier molecular flexibility index (Phi) is 5.77. The summed E-state index contributed by atoms with van der Waals surface area (Å²) in [6.07, 6.45) is 1.22. The van der Waals surface area contributed by atoms with Gasteiger partial charge in [-0.25, -0.2) is 0 Å². The van der Waals surface area contributed by atoms with Crippen LogP contribution in [0.25, 0.3) is 11.4 Å². The van der Waals surface area contributed by atoms with Gasteiger partial charge in [-0.05, 0) is 56.8 Å². The normalized spacial score (nSPS) is 11.3. The largest absolute Gasteiger partial charge is 0.497 e. The van der Waals surface area contributed by atoms with Crippen LogP contribution in [-0.4, -0.2) is 33.3 Å². The van der Waals surface area contributed by atoms with Crippen LogP contribution in [0, 0.1) is 4.77 Å². The van der Waals surface area contributed by atoms with Crippen molar-refractivity contribution in [3.63, 3.8) is 0 Å². The molecule has 0 fully saturated rings. The van der Waals surface area contributed by atoms with Crippen LogP contribution >= 0.6 is 12.2 Å². The fraction of sp³-hybridized carbons (Fsp3) is 0.471. The number of H-pyrrole nitrogens is 1. The highest BCUT2D eigenvalue weighted by atomic mass is 32.1. The zero-order valence-electron chi connectivity index (χ0n) is 14.5. The molecule has 0 radical (unpaired) electrons. The molecule has 1 amide bonds. The number of nitrogens with zero attached hydrogens (tertiary/aromatic N) is 2. The first-order valence-electron chi connectivity index (χ1n) is 7.97. The minimum atomic E-state index is -0.201. The maximum atomic E-state index is 12.1. The van der Waals surface area contributed by atoms with Crippen molar-refractivity contribution in [3.05, 3.63) is 29.0 Å². The Morgan fingerprint density at radius 1 is 1.38 bits per heavy atom. The molecule has 0 bridgehead atoms. The molecule has 1 aromatic heterocycles. The van der Waals surface area contributed by atoms with Crippen molar-refractivity contribution in [1.29, 1.82) is 0 Å². The Hall–Kier alpha value is -2.15. The molecule has 0 aliphatic rings. The molecule has 0 aliphatic carbocycles. The van der Waals surface area contributed by atoms with E-state index in [9.17, 15) is 4.79 Å². The number of aromatic amines is 1. The molecule has 0 spiro atoms. The number of methoxy groups -OCH3 is 1. The van der Waals surface area contributed by atoms with E-state index < -0.39 is 0 Å². The van der Waals surface area contributed by atoms with E-state index in [1.165, 1.54) is 0 Å². The van der Waals surface area contributed by atoms with Crippen LogP contribution in [0.1, 0.15) is 33.6 Å². The number of benzene rings is 1. The molecule has 0 unspecified atom stereocenters. The number of ether oxygens (including phenoxy) is 1. The molecular formula is C17H24N4O2S. The van der Waals surface area contributed by atoms with Gasteiger partial charge < -0.3 is 10.1 Å². The number of carbonyl (C=O) groups is 1. The lowest BCUT2D eigenvalue weighted by Gasteiger charge is -2.24. The van der Waals surface area contributed by atoms with Crippen molar-refractivity contribution in [2.75, 3.05) is 7.11 Å². The summed E-state index contributed by atoms with van der Waals surface area (Å²) >= 11 is 5.29. The van der Waals surface area contributed by atoms with Crippen LogP contribution in [0.15, 0.2) is 24.3 Å². The smallest absolute Gasteiger partial charge is 0.222 e. The molecule has 130 valence electrons. The second-order valence-electron chi connectivity index (χ2n) is 6.27. The molecule has 7 heteroatoms. The van der Waals surface area contributed by atoms with E-state index in [1.54, 1.807) is 7.11 Å². The van der Waals surface area contributed by atoms with E-state index in [2.05, 4.69) is 15.5 Å². The number of hydrogen-bond acceptors (Lipinski definition) is 4. The third-order valence-corrected chi connectivity index (χ3v) is 4.34. The SMILES string of the molecule is CCC(C)(C)NC(=O)CCn1c(-c2ccc(OC)cc2)n[nH]c1=S. The van der Waals surface area contributed by atoms with E-state index in [0.717, 1.165) is 17.7 Å². The maximum absolute atomic E-state index is 12.1. The Labute approximate surface area is 147 Å². The third-order valence-electron chi connectivity index (χ3n) is 4.03. The molecule has 2 N–H and O–H groups in total. The second kappa shape index (κ2) is 7.61. The van der Waals surface area contributed by atoms with E-state index in [-0.39, 0.29) is 11.4 Å². The number of aromatic nitrogens is 3. The lowest BCUT2D eigenvalue weighted by atomic mass is 10.0. The molecule has 2 rings (SSSR count). The van der Waals surface area contributed by atoms with E-state index >= 15 is 0 Å². The van der Waals surface area contributed by atoms with E-state index in [4.69, 9.17) is 17.0 Å². The van der Waals surface area contributed by atoms with Gasteiger partial charge in [-0.2, -0.15) is 5.10 Å². The van der Waals surface area contributed by atoms with Gasteiger partial charge in [-0.3, -0.25) is 14.5 Å². The highest BCUT2D eigenvalue weighted by Crippen LogP contribution is 2.21. The summed E-state index contributed by atoms with van der Waals surface area (Å²) in [7, 11) is 1.63. The zero-order valence-corrected chi connectivity index (χ0v) is 15.4. The van der Waals surface area contributed by atoms with Gasteiger partial charge in [0.05, 0.1) is 7.11 Å². The van der Waals surface area contributed by atoms with Gasteiger partial charge in [0.1, 0.15) is 5.75 Å². The lowest BCUT2D eigenvalue weighted by molar-refractivity contribution is -0.122. The summed E-state index contributed by atoms with van der Waals surface area (Å²) < 4.78 is 7.51. The molecular weight excluding hydrogens is 324 g/mol. The Morgan fingerprint density at radius 3 is 2.62 bits per heavy atom. The van der Waals surface area contributed by atoms with Gasteiger partial charge in [-0.15, -0.1) is 0 Å². The average molecular weight is 348 g/mol. The van der Waals surface area contributed by atoms with Gasteiger partial charge in [0, 0.05) is 24.1 Å². The predicted octanol–water partition coefficient (Wildman–Crippen LogP) is 3.31. The number of amides is 1.